The zero-order chi connectivity index (χ0) is 10.5. The number of methoxy groups -OCH3 is 1. The molecule has 1 heterocycles. The second-order valence-electron chi connectivity index (χ2n) is 3.45. The molecule has 0 radical (unpaired) electrons. The SMILES string of the molecule is COCOc1ccc2c(c1)CCNC=C2. The first-order chi connectivity index (χ1) is 7.40. The second kappa shape index (κ2) is 4.84. The first-order valence-corrected chi connectivity index (χ1v) is 5.05. The van der Waals surface area contributed by atoms with Crippen molar-refractivity contribution in [2.24, 2.45) is 0 Å². The summed E-state index contributed by atoms with van der Waals surface area (Å²) in [6.45, 7) is 1.27. The molecular formula is C12H15NO2. The largest absolute Gasteiger partial charge is 0.468 e. The molecule has 1 aromatic carbocycles. The molecule has 0 unspecified atom stereocenters. The van der Waals surface area contributed by atoms with Crippen molar-refractivity contribution in [3.63, 3.8) is 0 Å². The minimum atomic E-state index is 0.298. The predicted octanol–water partition coefficient (Wildman–Crippen LogP) is 1.79. The minimum absolute atomic E-state index is 0.298. The molecule has 0 atom stereocenters. The summed E-state index contributed by atoms with van der Waals surface area (Å²) in [6.07, 6.45) is 5.09. The average Bonchev–Trinajstić information content (AvgIpc) is 2.50. The van der Waals surface area contributed by atoms with Crippen molar-refractivity contribution in [1.82, 2.24) is 5.32 Å². The van der Waals surface area contributed by atoms with E-state index in [1.54, 1.807) is 7.11 Å². The summed E-state index contributed by atoms with van der Waals surface area (Å²) in [5.74, 6) is 0.867. The van der Waals surface area contributed by atoms with Crippen LogP contribution in [0.3, 0.4) is 0 Å². The van der Waals surface area contributed by atoms with Crippen LogP contribution < -0.4 is 10.1 Å². The van der Waals surface area contributed by atoms with Gasteiger partial charge in [-0.15, -0.1) is 0 Å². The molecule has 0 spiro atoms. The molecule has 1 aliphatic rings. The van der Waals surface area contributed by atoms with E-state index in [0.717, 1.165) is 18.7 Å². The molecule has 0 saturated carbocycles. The summed E-state index contributed by atoms with van der Waals surface area (Å²) in [7, 11) is 1.62. The molecule has 15 heavy (non-hydrogen) atoms. The molecule has 2 rings (SSSR count). The highest BCUT2D eigenvalue weighted by Crippen LogP contribution is 2.20. The van der Waals surface area contributed by atoms with Gasteiger partial charge in [0.1, 0.15) is 5.75 Å². The van der Waals surface area contributed by atoms with Crippen LogP contribution >= 0.6 is 0 Å². The number of ether oxygens (including phenoxy) is 2. The van der Waals surface area contributed by atoms with E-state index >= 15 is 0 Å². The Labute approximate surface area is 89.7 Å². The lowest BCUT2D eigenvalue weighted by Gasteiger charge is -2.08. The first kappa shape index (κ1) is 10.1. The summed E-state index contributed by atoms with van der Waals surface area (Å²) >= 11 is 0. The molecule has 0 bridgehead atoms. The summed E-state index contributed by atoms with van der Waals surface area (Å²) in [4.78, 5) is 0. The fraction of sp³-hybridized carbons (Fsp3) is 0.333. The van der Waals surface area contributed by atoms with Crippen LogP contribution in [0.4, 0.5) is 0 Å². The third-order valence-corrected chi connectivity index (χ3v) is 2.38. The van der Waals surface area contributed by atoms with Crippen molar-refractivity contribution in [3.05, 3.63) is 35.5 Å². The van der Waals surface area contributed by atoms with E-state index in [1.165, 1.54) is 11.1 Å². The molecule has 1 aliphatic heterocycles. The van der Waals surface area contributed by atoms with Crippen molar-refractivity contribution in [2.45, 2.75) is 6.42 Å². The average molecular weight is 205 g/mol. The molecule has 0 aliphatic carbocycles. The third-order valence-electron chi connectivity index (χ3n) is 2.38. The standard InChI is InChI=1S/C12H15NO2/c1-14-9-15-12-3-2-10-4-6-13-7-5-11(10)8-12/h2-4,6,8,13H,5,7,9H2,1H3. The topological polar surface area (TPSA) is 30.5 Å². The molecule has 1 N–H and O–H groups in total. The van der Waals surface area contributed by atoms with E-state index in [1.807, 2.05) is 12.3 Å². The molecular weight excluding hydrogens is 190 g/mol. The first-order valence-electron chi connectivity index (χ1n) is 5.05. The van der Waals surface area contributed by atoms with Gasteiger partial charge >= 0.3 is 0 Å². The van der Waals surface area contributed by atoms with E-state index < -0.39 is 0 Å². The van der Waals surface area contributed by atoms with E-state index in [2.05, 4.69) is 23.5 Å². The molecule has 3 nitrogen and oxygen atoms in total. The van der Waals surface area contributed by atoms with Crippen molar-refractivity contribution in [1.29, 1.82) is 0 Å². The van der Waals surface area contributed by atoms with Gasteiger partial charge in [-0.05, 0) is 42.0 Å². The molecule has 1 aromatic rings. The van der Waals surface area contributed by atoms with E-state index in [4.69, 9.17) is 9.47 Å². The fourth-order valence-corrected chi connectivity index (χ4v) is 1.62. The molecule has 0 saturated heterocycles. The van der Waals surface area contributed by atoms with E-state index in [0.29, 0.717) is 6.79 Å². The van der Waals surface area contributed by atoms with Crippen LogP contribution in [0.2, 0.25) is 0 Å². The number of nitrogens with one attached hydrogen (secondary N) is 1. The van der Waals surface area contributed by atoms with Gasteiger partial charge in [0, 0.05) is 13.7 Å². The number of hydrogen-bond donors (Lipinski definition) is 1. The molecule has 0 aromatic heterocycles. The maximum absolute atomic E-state index is 5.40. The van der Waals surface area contributed by atoms with Gasteiger partial charge in [-0.3, -0.25) is 0 Å². The monoisotopic (exact) mass is 205 g/mol. The van der Waals surface area contributed by atoms with Gasteiger partial charge in [0.15, 0.2) is 6.79 Å². The van der Waals surface area contributed by atoms with Crippen LogP contribution in [0.15, 0.2) is 24.4 Å². The van der Waals surface area contributed by atoms with Gasteiger partial charge in [-0.1, -0.05) is 6.07 Å². The lowest BCUT2D eigenvalue weighted by molar-refractivity contribution is 0.0511. The maximum atomic E-state index is 5.40. The van der Waals surface area contributed by atoms with Crippen molar-refractivity contribution >= 4 is 6.08 Å². The highest BCUT2D eigenvalue weighted by atomic mass is 16.7. The lowest BCUT2D eigenvalue weighted by atomic mass is 10.0. The maximum Gasteiger partial charge on any atom is 0.188 e. The van der Waals surface area contributed by atoms with Gasteiger partial charge in [0.05, 0.1) is 0 Å². The Balaban J connectivity index is 2.18. The van der Waals surface area contributed by atoms with Crippen LogP contribution in [0.1, 0.15) is 11.1 Å². The Bertz CT molecular complexity index is 361. The van der Waals surface area contributed by atoms with Gasteiger partial charge in [-0.2, -0.15) is 0 Å². The number of hydrogen-bond acceptors (Lipinski definition) is 3. The van der Waals surface area contributed by atoms with Gasteiger partial charge in [0.2, 0.25) is 0 Å². The lowest BCUT2D eigenvalue weighted by Crippen LogP contribution is -2.07. The van der Waals surface area contributed by atoms with E-state index in [-0.39, 0.29) is 0 Å². The van der Waals surface area contributed by atoms with Crippen LogP contribution in [-0.4, -0.2) is 20.4 Å². The van der Waals surface area contributed by atoms with Crippen LogP contribution in [0, 0.1) is 0 Å². The zero-order valence-electron chi connectivity index (χ0n) is 8.82. The van der Waals surface area contributed by atoms with Crippen molar-refractivity contribution < 1.29 is 9.47 Å². The highest BCUT2D eigenvalue weighted by Gasteiger charge is 2.04. The van der Waals surface area contributed by atoms with Crippen molar-refractivity contribution in [2.75, 3.05) is 20.4 Å². The quantitative estimate of drug-likeness (QED) is 0.763. The summed E-state index contributed by atoms with van der Waals surface area (Å²) in [5, 5.41) is 3.21. The third kappa shape index (κ3) is 2.50. The Morgan fingerprint density at radius 2 is 2.33 bits per heavy atom. The molecule has 0 fully saturated rings. The second-order valence-corrected chi connectivity index (χ2v) is 3.45. The van der Waals surface area contributed by atoms with E-state index in [9.17, 15) is 0 Å². The van der Waals surface area contributed by atoms with Crippen LogP contribution in [0.5, 0.6) is 5.75 Å². The zero-order valence-corrected chi connectivity index (χ0v) is 8.82. The Morgan fingerprint density at radius 3 is 3.20 bits per heavy atom. The fourth-order valence-electron chi connectivity index (χ4n) is 1.62. The molecule has 3 heteroatoms. The summed E-state index contributed by atoms with van der Waals surface area (Å²) in [5.41, 5.74) is 2.56. The summed E-state index contributed by atoms with van der Waals surface area (Å²) in [6, 6.07) is 6.11. The Hall–Kier alpha value is -1.48. The number of fused-ring (bicyclic) bond motifs is 1. The Morgan fingerprint density at radius 1 is 1.40 bits per heavy atom. The summed E-state index contributed by atoms with van der Waals surface area (Å²) < 4.78 is 10.3. The van der Waals surface area contributed by atoms with Crippen molar-refractivity contribution in [3.8, 4) is 5.75 Å². The number of rotatable bonds is 3. The smallest absolute Gasteiger partial charge is 0.188 e. The van der Waals surface area contributed by atoms with Gasteiger partial charge < -0.3 is 14.8 Å². The normalized spacial score (nSPS) is 13.9. The number of benzene rings is 1. The Kier molecular flexibility index (Phi) is 3.25. The van der Waals surface area contributed by atoms with Gasteiger partial charge in [-0.25, -0.2) is 0 Å². The van der Waals surface area contributed by atoms with Crippen LogP contribution in [-0.2, 0) is 11.2 Å². The molecule has 0 amide bonds. The highest BCUT2D eigenvalue weighted by molar-refractivity contribution is 5.56. The minimum Gasteiger partial charge on any atom is -0.468 e. The predicted molar refractivity (Wildman–Crippen MR) is 59.7 cm³/mol. The molecule has 80 valence electrons. The van der Waals surface area contributed by atoms with Gasteiger partial charge in [0.25, 0.3) is 0 Å². The van der Waals surface area contributed by atoms with Crippen LogP contribution in [0.25, 0.3) is 6.08 Å².